The van der Waals surface area contributed by atoms with E-state index in [4.69, 9.17) is 24.2 Å². The Balaban J connectivity index is 2.39. The lowest BCUT2D eigenvalue weighted by molar-refractivity contribution is -0.450. The molecule has 1 aromatic rings. The van der Waals surface area contributed by atoms with Gasteiger partial charge in [0.2, 0.25) is 0 Å². The molecule has 6 nitrogen and oxygen atoms in total. The Bertz CT molecular complexity index is 569. The standard InChI is InChI=1S/C13H11NO5/c1-16-13(17-2)18-11(7-12(15)19-13)10-5-3-4-9(6-10)8-14/h3-7H,1-2H3. The highest BCUT2D eigenvalue weighted by Gasteiger charge is 2.42. The van der Waals surface area contributed by atoms with E-state index in [0.717, 1.165) is 6.08 Å². The normalized spacial score (nSPS) is 16.9. The molecule has 19 heavy (non-hydrogen) atoms. The van der Waals surface area contributed by atoms with E-state index in [1.165, 1.54) is 14.2 Å². The minimum Gasteiger partial charge on any atom is -0.406 e. The van der Waals surface area contributed by atoms with Crippen LogP contribution in [0.25, 0.3) is 5.76 Å². The first-order valence-electron chi connectivity index (χ1n) is 5.37. The summed E-state index contributed by atoms with van der Waals surface area (Å²) in [6, 6.07) is 8.61. The molecule has 0 radical (unpaired) electrons. The molecule has 0 atom stereocenters. The maximum atomic E-state index is 11.5. The molecule has 1 heterocycles. The number of esters is 1. The molecule has 0 N–H and O–H groups in total. The van der Waals surface area contributed by atoms with E-state index in [9.17, 15) is 4.79 Å². The summed E-state index contributed by atoms with van der Waals surface area (Å²) in [7, 11) is 2.57. The third kappa shape index (κ3) is 2.57. The zero-order valence-electron chi connectivity index (χ0n) is 10.4. The molecular weight excluding hydrogens is 250 g/mol. The van der Waals surface area contributed by atoms with Gasteiger partial charge < -0.3 is 9.47 Å². The van der Waals surface area contributed by atoms with Crippen LogP contribution in [0, 0.1) is 11.3 Å². The third-order valence-corrected chi connectivity index (χ3v) is 2.49. The number of hydrogen-bond donors (Lipinski definition) is 0. The molecule has 1 aliphatic heterocycles. The monoisotopic (exact) mass is 261 g/mol. The van der Waals surface area contributed by atoms with Crippen molar-refractivity contribution in [2.45, 2.75) is 6.16 Å². The molecule has 1 aromatic carbocycles. The maximum absolute atomic E-state index is 11.5. The molecule has 0 spiro atoms. The molecule has 6 heteroatoms. The summed E-state index contributed by atoms with van der Waals surface area (Å²) < 4.78 is 20.1. The summed E-state index contributed by atoms with van der Waals surface area (Å²) in [5.74, 6) is -0.454. The molecule has 2 rings (SSSR count). The number of methoxy groups -OCH3 is 2. The topological polar surface area (TPSA) is 77.8 Å². The minimum atomic E-state index is -1.90. The molecule has 0 saturated carbocycles. The largest absolute Gasteiger partial charge is 0.511 e. The molecule has 0 bridgehead atoms. The second-order valence-electron chi connectivity index (χ2n) is 3.63. The Kier molecular flexibility index (Phi) is 3.51. The summed E-state index contributed by atoms with van der Waals surface area (Å²) in [5.41, 5.74) is 0.996. The lowest BCUT2D eigenvalue weighted by atomic mass is 10.1. The molecular formula is C13H11NO5. The van der Waals surface area contributed by atoms with Gasteiger partial charge in [0.15, 0.2) is 0 Å². The van der Waals surface area contributed by atoms with Gasteiger partial charge in [0, 0.05) is 19.8 Å². The molecule has 0 aliphatic carbocycles. The number of nitriles is 1. The number of cyclic esters (lactones) is 1. The van der Waals surface area contributed by atoms with Gasteiger partial charge in [-0.2, -0.15) is 5.26 Å². The Morgan fingerprint density at radius 1 is 1.26 bits per heavy atom. The van der Waals surface area contributed by atoms with Crippen LogP contribution in [0.1, 0.15) is 11.1 Å². The van der Waals surface area contributed by atoms with E-state index in [1.54, 1.807) is 24.3 Å². The van der Waals surface area contributed by atoms with Crippen molar-refractivity contribution in [1.82, 2.24) is 0 Å². The fraction of sp³-hybridized carbons (Fsp3) is 0.231. The van der Waals surface area contributed by atoms with Crippen LogP contribution in [-0.4, -0.2) is 26.3 Å². The Morgan fingerprint density at radius 2 is 2.00 bits per heavy atom. The Hall–Kier alpha value is -2.36. The zero-order valence-corrected chi connectivity index (χ0v) is 10.4. The first-order chi connectivity index (χ1) is 9.12. The van der Waals surface area contributed by atoms with Crippen LogP contribution in [0.5, 0.6) is 0 Å². The minimum absolute atomic E-state index is 0.206. The second kappa shape index (κ2) is 5.10. The number of hydrogen-bond acceptors (Lipinski definition) is 6. The smallest absolute Gasteiger partial charge is 0.406 e. The zero-order chi connectivity index (χ0) is 13.9. The summed E-state index contributed by atoms with van der Waals surface area (Å²) >= 11 is 0. The highest BCUT2D eigenvalue weighted by molar-refractivity contribution is 5.91. The van der Waals surface area contributed by atoms with Gasteiger partial charge in [-0.1, -0.05) is 12.1 Å². The van der Waals surface area contributed by atoms with Crippen molar-refractivity contribution in [1.29, 1.82) is 5.26 Å². The van der Waals surface area contributed by atoms with Crippen molar-refractivity contribution < 1.29 is 23.7 Å². The number of ether oxygens (including phenoxy) is 4. The van der Waals surface area contributed by atoms with Crippen molar-refractivity contribution >= 4 is 11.7 Å². The quantitative estimate of drug-likeness (QED) is 0.604. The summed E-state index contributed by atoms with van der Waals surface area (Å²) in [5, 5.41) is 8.86. The number of carbonyl (C=O) groups is 1. The second-order valence-corrected chi connectivity index (χ2v) is 3.63. The van der Waals surface area contributed by atoms with Gasteiger partial charge in [0.25, 0.3) is 0 Å². The summed E-state index contributed by atoms with van der Waals surface area (Å²) in [6.45, 7) is 0. The van der Waals surface area contributed by atoms with Crippen LogP contribution < -0.4 is 0 Å². The fourth-order valence-corrected chi connectivity index (χ4v) is 1.58. The lowest BCUT2D eigenvalue weighted by Gasteiger charge is -2.32. The molecule has 1 aliphatic rings. The fourth-order valence-electron chi connectivity index (χ4n) is 1.58. The van der Waals surface area contributed by atoms with Gasteiger partial charge in [-0.25, -0.2) is 4.79 Å². The van der Waals surface area contributed by atoms with Crippen molar-refractivity contribution in [2.75, 3.05) is 14.2 Å². The van der Waals surface area contributed by atoms with Crippen molar-refractivity contribution in [3.8, 4) is 6.07 Å². The van der Waals surface area contributed by atoms with Crippen molar-refractivity contribution in [3.05, 3.63) is 41.5 Å². The Morgan fingerprint density at radius 3 is 2.63 bits per heavy atom. The van der Waals surface area contributed by atoms with E-state index in [1.807, 2.05) is 6.07 Å². The van der Waals surface area contributed by atoms with Crippen LogP contribution >= 0.6 is 0 Å². The van der Waals surface area contributed by atoms with Gasteiger partial charge in [0.05, 0.1) is 17.7 Å². The summed E-state index contributed by atoms with van der Waals surface area (Å²) in [6.07, 6.45) is -0.739. The van der Waals surface area contributed by atoms with E-state index < -0.39 is 12.1 Å². The van der Waals surface area contributed by atoms with E-state index in [-0.39, 0.29) is 5.76 Å². The van der Waals surface area contributed by atoms with Crippen LogP contribution in [-0.2, 0) is 23.7 Å². The van der Waals surface area contributed by atoms with Gasteiger partial charge in [0.1, 0.15) is 5.76 Å². The molecule has 0 fully saturated rings. The van der Waals surface area contributed by atoms with Gasteiger partial charge in [-0.15, -0.1) is 0 Å². The molecule has 98 valence electrons. The predicted octanol–water partition coefficient (Wildman–Crippen LogP) is 1.38. The van der Waals surface area contributed by atoms with E-state index in [2.05, 4.69) is 0 Å². The van der Waals surface area contributed by atoms with E-state index in [0.29, 0.717) is 11.1 Å². The molecule has 0 saturated heterocycles. The Labute approximate surface area is 109 Å². The van der Waals surface area contributed by atoms with E-state index >= 15 is 0 Å². The lowest BCUT2D eigenvalue weighted by Crippen LogP contribution is -2.43. The van der Waals surface area contributed by atoms with Gasteiger partial charge >= 0.3 is 12.1 Å². The maximum Gasteiger partial charge on any atom is 0.511 e. The average Bonchev–Trinajstić information content (AvgIpc) is 2.46. The molecule has 0 unspecified atom stereocenters. The molecule has 0 amide bonds. The van der Waals surface area contributed by atoms with Gasteiger partial charge in [-0.3, -0.25) is 9.47 Å². The van der Waals surface area contributed by atoms with Crippen molar-refractivity contribution in [3.63, 3.8) is 0 Å². The van der Waals surface area contributed by atoms with Gasteiger partial charge in [-0.05, 0) is 12.1 Å². The van der Waals surface area contributed by atoms with Crippen molar-refractivity contribution in [2.24, 2.45) is 0 Å². The highest BCUT2D eigenvalue weighted by atomic mass is 17.0. The third-order valence-electron chi connectivity index (χ3n) is 2.49. The first kappa shape index (κ1) is 13.1. The summed E-state index contributed by atoms with van der Waals surface area (Å²) in [4.78, 5) is 11.5. The number of carbonyl (C=O) groups excluding carboxylic acids is 1. The molecule has 0 aromatic heterocycles. The average molecular weight is 261 g/mol. The first-order valence-corrected chi connectivity index (χ1v) is 5.37. The SMILES string of the molecule is COC1(OC)OC(=O)C=C(c2cccc(C#N)c2)O1. The van der Waals surface area contributed by atoms with Crippen LogP contribution in [0.2, 0.25) is 0 Å². The van der Waals surface area contributed by atoms with Crippen LogP contribution in [0.3, 0.4) is 0 Å². The van der Waals surface area contributed by atoms with Crippen LogP contribution in [0.15, 0.2) is 30.3 Å². The highest BCUT2D eigenvalue weighted by Crippen LogP contribution is 2.30. The van der Waals surface area contributed by atoms with Crippen LogP contribution in [0.4, 0.5) is 0 Å². The number of nitrogens with zero attached hydrogens (tertiary/aromatic N) is 1. The number of benzene rings is 1. The number of rotatable bonds is 3. The predicted molar refractivity (Wildman–Crippen MR) is 63.1 cm³/mol.